The van der Waals surface area contributed by atoms with Gasteiger partial charge in [-0.05, 0) is 51.7 Å². The Morgan fingerprint density at radius 2 is 2.05 bits per heavy atom. The molecule has 0 unspecified atom stereocenters. The number of nitrogens with one attached hydrogen (secondary N) is 2. The number of carbonyl (C=O) groups is 2. The number of pyridine rings is 1. The molecule has 37 heavy (non-hydrogen) atoms. The normalized spacial score (nSPS) is 26.1. The number of nitrogens with zero attached hydrogens (tertiary/aromatic N) is 3. The molecular weight excluding hydrogens is 504 g/mol. The van der Waals surface area contributed by atoms with Crippen molar-refractivity contribution in [3.63, 3.8) is 0 Å². The number of aromatic nitrogens is 2. The highest BCUT2D eigenvalue weighted by Gasteiger charge is 2.46. The Bertz CT molecular complexity index is 1220. The number of aryl methyl sites for hydroxylation is 1. The topological polar surface area (TPSA) is 117 Å². The Morgan fingerprint density at radius 1 is 1.30 bits per heavy atom. The van der Waals surface area contributed by atoms with E-state index >= 15 is 0 Å². The number of alkyl halides is 2. The van der Waals surface area contributed by atoms with Crippen LogP contribution in [0.2, 0.25) is 0 Å². The van der Waals surface area contributed by atoms with E-state index in [1.807, 2.05) is 13.0 Å². The summed E-state index contributed by atoms with van der Waals surface area (Å²) >= 11 is 1.00. The molecule has 3 atom stereocenters. The minimum atomic E-state index is -2.98. The third-order valence-electron chi connectivity index (χ3n) is 7.42. The fraction of sp³-hybridized carbons (Fsp3) is 0.600. The van der Waals surface area contributed by atoms with Gasteiger partial charge < -0.3 is 25.4 Å². The summed E-state index contributed by atoms with van der Waals surface area (Å²) in [5, 5.41) is 16.1. The largest absolute Gasteiger partial charge is 0.388 e. The van der Waals surface area contributed by atoms with Gasteiger partial charge in [0.05, 0.1) is 36.8 Å². The van der Waals surface area contributed by atoms with Crippen molar-refractivity contribution in [2.75, 3.05) is 25.1 Å². The molecule has 2 aliphatic heterocycles. The number of amides is 2. The SMILES string of the molecule is Cc1cc(NC2(C)CCC2)ncc1-c1sc(C(=O)N[C@@H]2COC[C@@H]2O)nc1C(=O)N1CC(F)(F)C[C@@H]1C. The van der Waals surface area contributed by atoms with Crippen LogP contribution in [0.5, 0.6) is 0 Å². The van der Waals surface area contributed by atoms with Crippen LogP contribution in [-0.2, 0) is 4.74 Å². The van der Waals surface area contributed by atoms with Crippen molar-refractivity contribution in [1.29, 1.82) is 0 Å². The molecule has 1 saturated carbocycles. The molecule has 2 aromatic rings. The molecule has 0 spiro atoms. The van der Waals surface area contributed by atoms with Crippen LogP contribution in [0.25, 0.3) is 10.4 Å². The maximum absolute atomic E-state index is 14.1. The molecule has 3 fully saturated rings. The van der Waals surface area contributed by atoms with Gasteiger partial charge in [-0.1, -0.05) is 0 Å². The van der Waals surface area contributed by atoms with Crippen molar-refractivity contribution < 1.29 is 28.2 Å². The first kappa shape index (κ1) is 25.9. The lowest BCUT2D eigenvalue weighted by molar-refractivity contribution is 0.0118. The van der Waals surface area contributed by atoms with E-state index in [9.17, 15) is 23.5 Å². The Morgan fingerprint density at radius 3 is 2.62 bits per heavy atom. The highest BCUT2D eigenvalue weighted by Crippen LogP contribution is 2.39. The second-order valence-corrected chi connectivity index (χ2v) is 11.6. The molecule has 12 heteroatoms. The van der Waals surface area contributed by atoms with E-state index in [0.717, 1.165) is 41.1 Å². The fourth-order valence-electron chi connectivity index (χ4n) is 5.08. The molecule has 2 amide bonds. The Kier molecular flexibility index (Phi) is 6.70. The van der Waals surface area contributed by atoms with Gasteiger partial charge >= 0.3 is 0 Å². The molecule has 2 aromatic heterocycles. The smallest absolute Gasteiger partial charge is 0.280 e. The van der Waals surface area contributed by atoms with Crippen LogP contribution in [0, 0.1) is 6.92 Å². The van der Waals surface area contributed by atoms with Gasteiger partial charge in [0, 0.05) is 29.8 Å². The Balaban J connectivity index is 1.48. The lowest BCUT2D eigenvalue weighted by Crippen LogP contribution is -2.42. The predicted octanol–water partition coefficient (Wildman–Crippen LogP) is 3.23. The molecule has 1 aliphatic carbocycles. The zero-order valence-corrected chi connectivity index (χ0v) is 21.8. The first-order valence-corrected chi connectivity index (χ1v) is 13.3. The third-order valence-corrected chi connectivity index (χ3v) is 8.51. The molecule has 5 rings (SSSR count). The quantitative estimate of drug-likeness (QED) is 0.520. The predicted molar refractivity (Wildman–Crippen MR) is 134 cm³/mol. The van der Waals surface area contributed by atoms with E-state index < -0.39 is 48.9 Å². The van der Waals surface area contributed by atoms with Crippen LogP contribution < -0.4 is 10.6 Å². The number of ether oxygens (including phenoxy) is 1. The van der Waals surface area contributed by atoms with Gasteiger partial charge in [-0.15, -0.1) is 11.3 Å². The van der Waals surface area contributed by atoms with Crippen LogP contribution in [0.3, 0.4) is 0 Å². The van der Waals surface area contributed by atoms with Crippen molar-refractivity contribution in [2.24, 2.45) is 0 Å². The first-order valence-electron chi connectivity index (χ1n) is 12.5. The zero-order valence-electron chi connectivity index (χ0n) is 21.0. The highest BCUT2D eigenvalue weighted by atomic mass is 32.1. The zero-order chi connectivity index (χ0) is 26.5. The molecule has 0 bridgehead atoms. The van der Waals surface area contributed by atoms with Crippen molar-refractivity contribution in [1.82, 2.24) is 20.2 Å². The number of carbonyl (C=O) groups excluding carboxylic acids is 2. The van der Waals surface area contributed by atoms with Gasteiger partial charge in [0.15, 0.2) is 5.01 Å². The third kappa shape index (κ3) is 5.19. The van der Waals surface area contributed by atoms with Gasteiger partial charge in [-0.25, -0.2) is 18.7 Å². The number of aliphatic hydroxyl groups is 1. The summed E-state index contributed by atoms with van der Waals surface area (Å²) in [5.41, 5.74) is 1.36. The number of thiazole rings is 1. The summed E-state index contributed by atoms with van der Waals surface area (Å²) in [6.07, 6.45) is 3.63. The maximum Gasteiger partial charge on any atom is 0.280 e. The summed E-state index contributed by atoms with van der Waals surface area (Å²) in [6, 6.07) is 0.609. The number of anilines is 1. The number of hydrogen-bond donors (Lipinski definition) is 3. The van der Waals surface area contributed by atoms with Crippen LogP contribution in [-0.4, -0.2) is 81.2 Å². The van der Waals surface area contributed by atoms with Gasteiger partial charge in [-0.2, -0.15) is 0 Å². The van der Waals surface area contributed by atoms with Crippen molar-refractivity contribution in [3.05, 3.63) is 28.5 Å². The highest BCUT2D eigenvalue weighted by molar-refractivity contribution is 7.17. The number of hydrogen-bond acceptors (Lipinski definition) is 8. The van der Waals surface area contributed by atoms with E-state index in [1.54, 1.807) is 13.1 Å². The summed E-state index contributed by atoms with van der Waals surface area (Å²) in [6.45, 7) is 5.17. The number of rotatable bonds is 6. The summed E-state index contributed by atoms with van der Waals surface area (Å²) in [4.78, 5) is 36.9. The van der Waals surface area contributed by atoms with E-state index in [4.69, 9.17) is 4.74 Å². The molecule has 0 aromatic carbocycles. The van der Waals surface area contributed by atoms with Crippen molar-refractivity contribution in [2.45, 2.75) is 76.1 Å². The van der Waals surface area contributed by atoms with Gasteiger partial charge in [0.25, 0.3) is 17.7 Å². The van der Waals surface area contributed by atoms with E-state index in [1.165, 1.54) is 0 Å². The molecule has 2 saturated heterocycles. The maximum atomic E-state index is 14.1. The van der Waals surface area contributed by atoms with Crippen LogP contribution in [0.4, 0.5) is 14.6 Å². The molecule has 3 N–H and O–H groups in total. The van der Waals surface area contributed by atoms with Crippen LogP contribution in [0.15, 0.2) is 12.3 Å². The summed E-state index contributed by atoms with van der Waals surface area (Å²) in [7, 11) is 0. The first-order chi connectivity index (χ1) is 17.4. The van der Waals surface area contributed by atoms with E-state index in [-0.39, 0.29) is 29.5 Å². The molecule has 0 radical (unpaired) electrons. The molecule has 9 nitrogen and oxygen atoms in total. The average molecular weight is 536 g/mol. The lowest BCUT2D eigenvalue weighted by atomic mass is 9.78. The molecule has 3 aliphatic rings. The number of aliphatic hydroxyl groups excluding tert-OH is 1. The van der Waals surface area contributed by atoms with E-state index in [2.05, 4.69) is 27.5 Å². The van der Waals surface area contributed by atoms with E-state index in [0.29, 0.717) is 16.3 Å². The Hall–Kier alpha value is -2.70. The van der Waals surface area contributed by atoms with Crippen LogP contribution in [0.1, 0.15) is 65.4 Å². The fourth-order valence-corrected chi connectivity index (χ4v) is 6.11. The standard InChI is InChI=1S/C25H31F2N5O4S/c1-13-7-18(31-24(3)5-4-6-24)28-9-15(13)20-19(23(35)32-12-25(26,27)8-14(32)2)30-22(37-20)21(34)29-16-10-36-11-17(16)33/h7,9,14,16-17,33H,4-6,8,10-12H2,1-3H3,(H,28,31)(H,29,34)/t14-,16+,17-/m0/s1. The van der Waals surface area contributed by atoms with Gasteiger partial charge in [0.1, 0.15) is 11.5 Å². The number of halogens is 2. The molecular formula is C25H31F2N5O4S. The summed E-state index contributed by atoms with van der Waals surface area (Å²) in [5.74, 6) is -3.49. The summed E-state index contributed by atoms with van der Waals surface area (Å²) < 4.78 is 33.4. The minimum Gasteiger partial charge on any atom is -0.388 e. The Labute approximate surface area is 217 Å². The second kappa shape index (κ2) is 9.55. The van der Waals surface area contributed by atoms with Crippen molar-refractivity contribution >= 4 is 29.0 Å². The van der Waals surface area contributed by atoms with Gasteiger partial charge in [-0.3, -0.25) is 9.59 Å². The van der Waals surface area contributed by atoms with Crippen molar-refractivity contribution in [3.8, 4) is 10.4 Å². The average Bonchev–Trinajstić information content (AvgIpc) is 3.49. The monoisotopic (exact) mass is 535 g/mol. The second-order valence-electron chi connectivity index (χ2n) is 10.6. The molecule has 200 valence electrons. The van der Waals surface area contributed by atoms with Gasteiger partial charge in [0.2, 0.25) is 0 Å². The molecule has 4 heterocycles. The lowest BCUT2D eigenvalue weighted by Gasteiger charge is -2.39. The van der Waals surface area contributed by atoms with Crippen LogP contribution >= 0.6 is 11.3 Å². The number of likely N-dealkylation sites (tertiary alicyclic amines) is 1. The minimum absolute atomic E-state index is 0.000333.